The number of pyridine rings is 1. The first-order valence-electron chi connectivity index (χ1n) is 7.18. The molecule has 1 N–H and O–H groups in total. The van der Waals surface area contributed by atoms with Gasteiger partial charge in [-0.2, -0.15) is 11.8 Å². The van der Waals surface area contributed by atoms with E-state index in [-0.39, 0.29) is 11.8 Å². The Balaban J connectivity index is 2.34. The number of hydrogen-bond acceptors (Lipinski definition) is 6. The van der Waals surface area contributed by atoms with Crippen LogP contribution in [0.25, 0.3) is 0 Å². The van der Waals surface area contributed by atoms with Crippen molar-refractivity contribution in [2.45, 2.75) is 25.3 Å². The number of nitrogens with one attached hydrogen (secondary N) is 1. The van der Waals surface area contributed by atoms with Crippen LogP contribution in [0.5, 0.6) is 0 Å². The highest BCUT2D eigenvalue weighted by Crippen LogP contribution is 2.27. The van der Waals surface area contributed by atoms with Crippen LogP contribution in [0.3, 0.4) is 0 Å². The van der Waals surface area contributed by atoms with E-state index in [0.717, 1.165) is 23.7 Å². The Morgan fingerprint density at radius 2 is 2.33 bits per heavy atom. The third kappa shape index (κ3) is 3.70. The van der Waals surface area contributed by atoms with Crippen molar-refractivity contribution >= 4 is 27.4 Å². The molecule has 0 spiro atoms. The second kappa shape index (κ2) is 6.98. The van der Waals surface area contributed by atoms with Crippen molar-refractivity contribution in [2.24, 2.45) is 0 Å². The molecular weight excluding hydrogens is 306 g/mol. The van der Waals surface area contributed by atoms with Gasteiger partial charge in [-0.05, 0) is 31.7 Å². The van der Waals surface area contributed by atoms with Crippen molar-refractivity contribution in [3.8, 4) is 0 Å². The molecule has 1 fully saturated rings. The molecule has 0 aliphatic carbocycles. The second-order valence-corrected chi connectivity index (χ2v) is 8.73. The van der Waals surface area contributed by atoms with Gasteiger partial charge >= 0.3 is 0 Å². The monoisotopic (exact) mass is 329 g/mol. The van der Waals surface area contributed by atoms with Crippen LogP contribution in [-0.4, -0.2) is 49.6 Å². The summed E-state index contributed by atoms with van der Waals surface area (Å²) in [5.41, 5.74) is 1.12. The Hall–Kier alpha value is -0.790. The third-order valence-electron chi connectivity index (χ3n) is 3.90. The van der Waals surface area contributed by atoms with Gasteiger partial charge < -0.3 is 10.2 Å². The van der Waals surface area contributed by atoms with Crippen LogP contribution in [0.1, 0.15) is 25.5 Å². The van der Waals surface area contributed by atoms with Gasteiger partial charge in [0, 0.05) is 36.0 Å². The van der Waals surface area contributed by atoms with Gasteiger partial charge in [-0.15, -0.1) is 0 Å². The molecule has 2 atom stereocenters. The molecule has 118 valence electrons. The molecule has 1 aromatic rings. The van der Waals surface area contributed by atoms with E-state index in [1.54, 1.807) is 24.9 Å². The van der Waals surface area contributed by atoms with E-state index in [1.807, 2.05) is 24.1 Å². The molecule has 2 rings (SSSR count). The zero-order valence-electron chi connectivity index (χ0n) is 12.7. The molecular formula is C14H23N3O2S2. The minimum Gasteiger partial charge on any atom is -0.338 e. The lowest BCUT2D eigenvalue weighted by molar-refractivity contribution is 0.578. The van der Waals surface area contributed by atoms with Gasteiger partial charge in [0.25, 0.3) is 0 Å². The zero-order valence-corrected chi connectivity index (χ0v) is 14.4. The van der Waals surface area contributed by atoms with Crippen LogP contribution >= 0.6 is 11.8 Å². The summed E-state index contributed by atoms with van der Waals surface area (Å²) in [6.07, 6.45) is 1.76. The fourth-order valence-electron chi connectivity index (χ4n) is 2.36. The van der Waals surface area contributed by atoms with Crippen LogP contribution in [0.15, 0.2) is 18.3 Å². The molecule has 0 bridgehead atoms. The van der Waals surface area contributed by atoms with E-state index in [4.69, 9.17) is 0 Å². The van der Waals surface area contributed by atoms with Gasteiger partial charge in [0.15, 0.2) is 9.84 Å². The van der Waals surface area contributed by atoms with Gasteiger partial charge in [-0.1, -0.05) is 6.92 Å². The van der Waals surface area contributed by atoms with Gasteiger partial charge in [-0.25, -0.2) is 13.4 Å². The molecule has 0 radical (unpaired) electrons. The molecule has 0 amide bonds. The lowest BCUT2D eigenvalue weighted by Crippen LogP contribution is -2.48. The van der Waals surface area contributed by atoms with Crippen LogP contribution in [0.2, 0.25) is 0 Å². The van der Waals surface area contributed by atoms with Crippen LogP contribution in [-0.2, 0) is 9.84 Å². The SMILES string of the molecule is CCS(=O)(=O)C1CSCCN1c1cc(C(C)NC)ccn1. The third-order valence-corrected chi connectivity index (χ3v) is 7.19. The minimum atomic E-state index is -3.11. The number of hydrogen-bond donors (Lipinski definition) is 1. The molecule has 1 saturated heterocycles. The van der Waals surface area contributed by atoms with Crippen molar-refractivity contribution in [2.75, 3.05) is 35.8 Å². The molecule has 2 heterocycles. The highest BCUT2D eigenvalue weighted by Gasteiger charge is 2.33. The molecule has 1 aliphatic rings. The lowest BCUT2D eigenvalue weighted by atomic mass is 10.1. The highest BCUT2D eigenvalue weighted by atomic mass is 32.2. The Morgan fingerprint density at radius 1 is 1.57 bits per heavy atom. The summed E-state index contributed by atoms with van der Waals surface area (Å²) >= 11 is 1.70. The molecule has 21 heavy (non-hydrogen) atoms. The van der Waals surface area contributed by atoms with E-state index in [9.17, 15) is 8.42 Å². The van der Waals surface area contributed by atoms with Crippen LogP contribution in [0, 0.1) is 0 Å². The van der Waals surface area contributed by atoms with Crippen molar-refractivity contribution in [1.82, 2.24) is 10.3 Å². The fraction of sp³-hybridized carbons (Fsp3) is 0.643. The van der Waals surface area contributed by atoms with Crippen LogP contribution in [0.4, 0.5) is 5.82 Å². The van der Waals surface area contributed by atoms with Crippen LogP contribution < -0.4 is 10.2 Å². The maximum Gasteiger partial charge on any atom is 0.171 e. The maximum atomic E-state index is 12.3. The number of rotatable bonds is 5. The van der Waals surface area contributed by atoms with Crippen molar-refractivity contribution in [3.63, 3.8) is 0 Å². The predicted molar refractivity (Wildman–Crippen MR) is 89.6 cm³/mol. The first-order chi connectivity index (χ1) is 9.99. The number of nitrogens with zero attached hydrogens (tertiary/aromatic N) is 2. The summed E-state index contributed by atoms with van der Waals surface area (Å²) in [6.45, 7) is 4.50. The van der Waals surface area contributed by atoms with E-state index in [2.05, 4.69) is 17.2 Å². The predicted octanol–water partition coefficient (Wildman–Crippen LogP) is 1.68. The summed E-state index contributed by atoms with van der Waals surface area (Å²) < 4.78 is 24.6. The minimum absolute atomic E-state index is 0.168. The zero-order chi connectivity index (χ0) is 15.5. The Labute approximate surface area is 131 Å². The normalized spacial score (nSPS) is 21.3. The van der Waals surface area contributed by atoms with Crippen molar-refractivity contribution < 1.29 is 8.42 Å². The van der Waals surface area contributed by atoms with Gasteiger partial charge in [0.05, 0.1) is 0 Å². The Kier molecular flexibility index (Phi) is 5.51. The van der Waals surface area contributed by atoms with E-state index < -0.39 is 15.2 Å². The fourth-order valence-corrected chi connectivity index (χ4v) is 5.34. The highest BCUT2D eigenvalue weighted by molar-refractivity contribution is 8.01. The van der Waals surface area contributed by atoms with Crippen molar-refractivity contribution in [3.05, 3.63) is 23.9 Å². The summed E-state index contributed by atoms with van der Waals surface area (Å²) in [5, 5.41) is 2.73. The summed E-state index contributed by atoms with van der Waals surface area (Å²) in [4.78, 5) is 6.35. The van der Waals surface area contributed by atoms with Gasteiger partial charge in [-0.3, -0.25) is 0 Å². The van der Waals surface area contributed by atoms with Crippen molar-refractivity contribution in [1.29, 1.82) is 0 Å². The largest absolute Gasteiger partial charge is 0.338 e. The molecule has 0 saturated carbocycles. The van der Waals surface area contributed by atoms with E-state index in [0.29, 0.717) is 5.75 Å². The van der Waals surface area contributed by atoms with E-state index in [1.165, 1.54) is 0 Å². The number of sulfone groups is 1. The Bertz CT molecular complexity index is 577. The molecule has 0 aromatic carbocycles. The summed E-state index contributed by atoms with van der Waals surface area (Å²) in [6, 6.07) is 4.18. The number of anilines is 1. The second-order valence-electron chi connectivity index (χ2n) is 5.13. The molecule has 1 aromatic heterocycles. The standard InChI is InChI=1S/C14H23N3O2S2/c1-4-21(18,19)14-10-20-8-7-17(14)13-9-12(5-6-16-13)11(2)15-3/h5-6,9,11,14-15H,4,7-8,10H2,1-3H3. The number of aromatic nitrogens is 1. The molecule has 5 nitrogen and oxygen atoms in total. The molecule has 7 heteroatoms. The smallest absolute Gasteiger partial charge is 0.171 e. The summed E-state index contributed by atoms with van der Waals surface area (Å²) in [5.74, 6) is 2.48. The quantitative estimate of drug-likeness (QED) is 0.887. The average molecular weight is 329 g/mol. The first kappa shape index (κ1) is 16.6. The lowest BCUT2D eigenvalue weighted by Gasteiger charge is -2.35. The van der Waals surface area contributed by atoms with Gasteiger partial charge in [0.2, 0.25) is 0 Å². The molecule has 2 unspecified atom stereocenters. The van der Waals surface area contributed by atoms with E-state index >= 15 is 0 Å². The van der Waals surface area contributed by atoms with Gasteiger partial charge in [0.1, 0.15) is 11.2 Å². The summed E-state index contributed by atoms with van der Waals surface area (Å²) in [7, 11) is -1.20. The average Bonchev–Trinajstić information content (AvgIpc) is 2.54. The topological polar surface area (TPSA) is 62.3 Å². The number of thioether (sulfide) groups is 1. The first-order valence-corrected chi connectivity index (χ1v) is 10.1. The maximum absolute atomic E-state index is 12.3. The Morgan fingerprint density at radius 3 is 3.00 bits per heavy atom. The molecule has 1 aliphatic heterocycles.